The van der Waals surface area contributed by atoms with Gasteiger partial charge in [-0.05, 0) is 62.6 Å². The molecule has 0 atom stereocenters. The van der Waals surface area contributed by atoms with E-state index < -0.39 is 10.0 Å². The van der Waals surface area contributed by atoms with Crippen molar-refractivity contribution in [1.82, 2.24) is 4.31 Å². The summed E-state index contributed by atoms with van der Waals surface area (Å²) in [5.41, 5.74) is 1.41. The average molecular weight is 509 g/mol. The molecule has 3 rings (SSSR count). The first-order valence-corrected chi connectivity index (χ1v) is 13.0. The first-order valence-electron chi connectivity index (χ1n) is 11.2. The van der Waals surface area contributed by atoms with Crippen molar-refractivity contribution in [2.45, 2.75) is 38.0 Å². The molecule has 2 aromatic rings. The lowest BCUT2D eigenvalue weighted by atomic mass is 9.97. The molecule has 0 aliphatic carbocycles. The van der Waals surface area contributed by atoms with E-state index in [-0.39, 0.29) is 47.9 Å². The lowest BCUT2D eigenvalue weighted by molar-refractivity contribution is -0.142. The van der Waals surface area contributed by atoms with Crippen LogP contribution in [0.1, 0.15) is 32.3 Å². The Balaban J connectivity index is 1.59. The highest BCUT2D eigenvalue weighted by Gasteiger charge is 2.34. The van der Waals surface area contributed by atoms with Gasteiger partial charge in [-0.2, -0.15) is 4.31 Å². The van der Waals surface area contributed by atoms with E-state index >= 15 is 0 Å². The quantitative estimate of drug-likeness (QED) is 0.516. The Morgan fingerprint density at radius 3 is 2.35 bits per heavy atom. The molecule has 1 N–H and O–H groups in total. The molecule has 0 bridgehead atoms. The summed E-state index contributed by atoms with van der Waals surface area (Å²) >= 11 is 6.04. The van der Waals surface area contributed by atoms with Crippen LogP contribution < -0.4 is 10.1 Å². The first-order chi connectivity index (χ1) is 16.2. The Hall–Kier alpha value is -2.62. The summed E-state index contributed by atoms with van der Waals surface area (Å²) < 4.78 is 38.2. The van der Waals surface area contributed by atoms with E-state index in [0.29, 0.717) is 36.8 Å². The molecular weight excluding hydrogens is 480 g/mol. The highest BCUT2D eigenvalue weighted by Crippen LogP contribution is 2.32. The minimum absolute atomic E-state index is 0.0349. The van der Waals surface area contributed by atoms with Crippen LogP contribution in [0, 0.1) is 5.92 Å². The van der Waals surface area contributed by atoms with E-state index in [4.69, 9.17) is 21.1 Å². The van der Waals surface area contributed by atoms with Crippen LogP contribution >= 0.6 is 11.6 Å². The molecule has 0 saturated carbocycles. The number of amides is 1. The topological polar surface area (TPSA) is 102 Å². The average Bonchev–Trinajstić information content (AvgIpc) is 2.82. The molecule has 1 amide bonds. The normalized spacial score (nSPS) is 15.0. The first kappa shape index (κ1) is 26.0. The molecule has 1 aliphatic heterocycles. The Kier molecular flexibility index (Phi) is 8.93. The van der Waals surface area contributed by atoms with Gasteiger partial charge in [-0.15, -0.1) is 0 Å². The number of nitrogens with zero attached hydrogens (tertiary/aromatic N) is 1. The fourth-order valence-electron chi connectivity index (χ4n) is 3.78. The Bertz CT molecular complexity index is 1110. The molecular formula is C24H29ClN2O6S. The fraction of sp³-hybridized carbons (Fsp3) is 0.417. The maximum absolute atomic E-state index is 13.2. The van der Waals surface area contributed by atoms with Crippen LogP contribution in [-0.2, 0) is 30.8 Å². The standard InChI is InChI=1S/C24H29ClN2O6S/c1-3-32-21-10-7-19(25)16-22(21)34(30,31)27-13-11-18(12-14-27)24(29)26-20-8-5-17(6-9-20)15-23(28)33-4-2/h5-10,16,18H,3-4,11-15H2,1-2H3,(H,26,29). The van der Waals surface area contributed by atoms with E-state index in [1.165, 1.54) is 10.4 Å². The van der Waals surface area contributed by atoms with E-state index in [9.17, 15) is 18.0 Å². The Morgan fingerprint density at radius 1 is 1.06 bits per heavy atom. The van der Waals surface area contributed by atoms with Crippen molar-refractivity contribution in [2.24, 2.45) is 5.92 Å². The number of rotatable bonds is 9. The van der Waals surface area contributed by atoms with Crippen molar-refractivity contribution in [2.75, 3.05) is 31.6 Å². The molecule has 2 aromatic carbocycles. The summed E-state index contributed by atoms with van der Waals surface area (Å²) in [6.45, 7) is 4.64. The van der Waals surface area contributed by atoms with E-state index in [1.54, 1.807) is 50.2 Å². The summed E-state index contributed by atoms with van der Waals surface area (Å²) in [6, 6.07) is 11.5. The number of benzene rings is 2. The molecule has 1 aliphatic rings. The zero-order chi connectivity index (χ0) is 24.7. The van der Waals surface area contributed by atoms with Crippen molar-refractivity contribution in [3.63, 3.8) is 0 Å². The Morgan fingerprint density at radius 2 is 1.74 bits per heavy atom. The van der Waals surface area contributed by atoms with Crippen LogP contribution in [0.5, 0.6) is 5.75 Å². The molecule has 1 saturated heterocycles. The minimum atomic E-state index is -3.81. The molecule has 8 nitrogen and oxygen atoms in total. The summed E-state index contributed by atoms with van der Waals surface area (Å²) in [4.78, 5) is 24.4. The summed E-state index contributed by atoms with van der Waals surface area (Å²) in [5.74, 6) is -0.505. The van der Waals surface area contributed by atoms with Crippen LogP contribution in [-0.4, -0.2) is 50.9 Å². The van der Waals surface area contributed by atoms with Gasteiger partial charge in [0, 0.05) is 29.7 Å². The van der Waals surface area contributed by atoms with Gasteiger partial charge in [0.1, 0.15) is 10.6 Å². The largest absolute Gasteiger partial charge is 0.492 e. The van der Waals surface area contributed by atoms with E-state index in [0.717, 1.165) is 5.56 Å². The SMILES string of the molecule is CCOC(=O)Cc1ccc(NC(=O)C2CCN(S(=O)(=O)c3cc(Cl)ccc3OCC)CC2)cc1. The predicted molar refractivity (Wildman–Crippen MR) is 130 cm³/mol. The van der Waals surface area contributed by atoms with Crippen molar-refractivity contribution in [3.8, 4) is 5.75 Å². The molecule has 0 unspecified atom stereocenters. The number of hydrogen-bond acceptors (Lipinski definition) is 6. The van der Waals surface area contributed by atoms with Gasteiger partial charge in [-0.1, -0.05) is 23.7 Å². The molecule has 0 radical (unpaired) electrons. The number of esters is 1. The third-order valence-electron chi connectivity index (χ3n) is 5.52. The predicted octanol–water partition coefficient (Wildman–Crippen LogP) is 3.88. The van der Waals surface area contributed by atoms with Gasteiger partial charge in [0.05, 0.1) is 19.6 Å². The number of carbonyl (C=O) groups is 2. The number of nitrogens with one attached hydrogen (secondary N) is 1. The van der Waals surface area contributed by atoms with Crippen LogP contribution in [0.2, 0.25) is 5.02 Å². The number of piperidine rings is 1. The van der Waals surface area contributed by atoms with Gasteiger partial charge in [-0.3, -0.25) is 9.59 Å². The zero-order valence-electron chi connectivity index (χ0n) is 19.3. The molecule has 34 heavy (non-hydrogen) atoms. The van der Waals surface area contributed by atoms with Crippen molar-refractivity contribution in [3.05, 3.63) is 53.1 Å². The Labute approximate surface area is 205 Å². The number of carbonyl (C=O) groups excluding carboxylic acids is 2. The van der Waals surface area contributed by atoms with Crippen LogP contribution in [0.3, 0.4) is 0 Å². The lowest BCUT2D eigenvalue weighted by Gasteiger charge is -2.31. The maximum Gasteiger partial charge on any atom is 0.310 e. The third-order valence-corrected chi connectivity index (χ3v) is 7.68. The molecule has 1 heterocycles. The van der Waals surface area contributed by atoms with Gasteiger partial charge >= 0.3 is 5.97 Å². The van der Waals surface area contributed by atoms with Crippen LogP contribution in [0.15, 0.2) is 47.4 Å². The zero-order valence-corrected chi connectivity index (χ0v) is 20.8. The monoisotopic (exact) mass is 508 g/mol. The van der Waals surface area contributed by atoms with Gasteiger partial charge < -0.3 is 14.8 Å². The second-order valence-electron chi connectivity index (χ2n) is 7.87. The second kappa shape index (κ2) is 11.7. The minimum Gasteiger partial charge on any atom is -0.492 e. The van der Waals surface area contributed by atoms with E-state index in [2.05, 4.69) is 5.32 Å². The highest BCUT2D eigenvalue weighted by molar-refractivity contribution is 7.89. The number of halogens is 1. The van der Waals surface area contributed by atoms with Crippen molar-refractivity contribution >= 4 is 39.2 Å². The number of ether oxygens (including phenoxy) is 2. The maximum atomic E-state index is 13.2. The van der Waals surface area contributed by atoms with Crippen LogP contribution in [0.4, 0.5) is 5.69 Å². The summed E-state index contributed by atoms with van der Waals surface area (Å²) in [6.07, 6.45) is 0.972. The number of sulfonamides is 1. The number of anilines is 1. The summed E-state index contributed by atoms with van der Waals surface area (Å²) in [7, 11) is -3.81. The smallest absolute Gasteiger partial charge is 0.310 e. The van der Waals surface area contributed by atoms with E-state index in [1.807, 2.05) is 0 Å². The molecule has 184 valence electrons. The summed E-state index contributed by atoms with van der Waals surface area (Å²) in [5, 5.41) is 3.19. The lowest BCUT2D eigenvalue weighted by Crippen LogP contribution is -2.41. The van der Waals surface area contributed by atoms with Gasteiger partial charge in [0.2, 0.25) is 15.9 Å². The molecule has 1 fully saturated rings. The van der Waals surface area contributed by atoms with Crippen LogP contribution in [0.25, 0.3) is 0 Å². The molecule has 10 heteroatoms. The van der Waals surface area contributed by atoms with Crippen molar-refractivity contribution < 1.29 is 27.5 Å². The second-order valence-corrected chi connectivity index (χ2v) is 10.2. The molecule has 0 spiro atoms. The fourth-order valence-corrected chi connectivity index (χ4v) is 5.65. The van der Waals surface area contributed by atoms with Gasteiger partial charge in [0.15, 0.2) is 0 Å². The van der Waals surface area contributed by atoms with Gasteiger partial charge in [-0.25, -0.2) is 8.42 Å². The number of hydrogen-bond donors (Lipinski definition) is 1. The van der Waals surface area contributed by atoms with Gasteiger partial charge in [0.25, 0.3) is 0 Å². The van der Waals surface area contributed by atoms with Crippen molar-refractivity contribution in [1.29, 1.82) is 0 Å². The molecule has 0 aromatic heterocycles. The highest BCUT2D eigenvalue weighted by atomic mass is 35.5. The third kappa shape index (κ3) is 6.49.